The lowest BCUT2D eigenvalue weighted by atomic mass is 10.0. The summed E-state index contributed by atoms with van der Waals surface area (Å²) in [7, 11) is 0. The molecule has 0 saturated carbocycles. The second kappa shape index (κ2) is 6.88. The molecule has 2 rings (SSSR count). The van der Waals surface area contributed by atoms with Gasteiger partial charge in [0.15, 0.2) is 0 Å². The molecule has 20 heavy (non-hydrogen) atoms. The van der Waals surface area contributed by atoms with E-state index in [9.17, 15) is 8.78 Å². The lowest BCUT2D eigenvalue weighted by Crippen LogP contribution is -2.26. The van der Waals surface area contributed by atoms with Gasteiger partial charge in [-0.15, -0.1) is 0 Å². The molecule has 0 radical (unpaired) electrons. The van der Waals surface area contributed by atoms with Crippen molar-refractivity contribution in [1.29, 1.82) is 0 Å². The number of halogens is 2. The fourth-order valence-corrected chi connectivity index (χ4v) is 2.33. The van der Waals surface area contributed by atoms with E-state index in [-0.39, 0.29) is 6.04 Å². The van der Waals surface area contributed by atoms with E-state index < -0.39 is 13.0 Å². The summed E-state index contributed by atoms with van der Waals surface area (Å²) in [6.07, 6.45) is -1.41. The number of aryl methyl sites for hydroxylation is 1. The van der Waals surface area contributed by atoms with E-state index in [0.717, 1.165) is 30.9 Å². The van der Waals surface area contributed by atoms with Crippen LogP contribution in [0.2, 0.25) is 0 Å². The van der Waals surface area contributed by atoms with Crippen molar-refractivity contribution in [1.82, 2.24) is 0 Å². The SMILES string of the molecule is Cc1ccc(NC(C)C2CCOC2)cc1OCC(F)F. The van der Waals surface area contributed by atoms with Crippen molar-refractivity contribution >= 4 is 5.69 Å². The van der Waals surface area contributed by atoms with Gasteiger partial charge in [-0.2, -0.15) is 0 Å². The number of alkyl halides is 2. The molecule has 1 heterocycles. The molecule has 0 bridgehead atoms. The van der Waals surface area contributed by atoms with Gasteiger partial charge in [-0.05, 0) is 31.9 Å². The van der Waals surface area contributed by atoms with Crippen LogP contribution in [-0.4, -0.2) is 32.3 Å². The summed E-state index contributed by atoms with van der Waals surface area (Å²) in [6, 6.07) is 5.88. The predicted octanol–water partition coefficient (Wildman–Crippen LogP) is 3.48. The molecule has 2 unspecified atom stereocenters. The van der Waals surface area contributed by atoms with Gasteiger partial charge in [0.25, 0.3) is 6.43 Å². The first kappa shape index (κ1) is 15.0. The van der Waals surface area contributed by atoms with Crippen LogP contribution in [0.15, 0.2) is 18.2 Å². The number of anilines is 1. The Morgan fingerprint density at radius 1 is 1.45 bits per heavy atom. The summed E-state index contributed by atoms with van der Waals surface area (Å²) in [6.45, 7) is 4.97. The highest BCUT2D eigenvalue weighted by Crippen LogP contribution is 2.26. The lowest BCUT2D eigenvalue weighted by molar-refractivity contribution is 0.0816. The molecule has 1 aliphatic heterocycles. The highest BCUT2D eigenvalue weighted by atomic mass is 19.3. The number of rotatable bonds is 6. The summed E-state index contributed by atoms with van der Waals surface area (Å²) < 4.78 is 34.9. The smallest absolute Gasteiger partial charge is 0.272 e. The van der Waals surface area contributed by atoms with E-state index in [1.165, 1.54) is 0 Å². The third-order valence-electron chi connectivity index (χ3n) is 3.62. The number of benzene rings is 1. The molecule has 0 spiro atoms. The van der Waals surface area contributed by atoms with Crippen LogP contribution >= 0.6 is 0 Å². The zero-order chi connectivity index (χ0) is 14.5. The molecule has 1 saturated heterocycles. The molecule has 1 aliphatic rings. The van der Waals surface area contributed by atoms with Crippen molar-refractivity contribution in [2.45, 2.75) is 32.7 Å². The largest absolute Gasteiger partial charge is 0.487 e. The van der Waals surface area contributed by atoms with Gasteiger partial charge in [0.1, 0.15) is 12.4 Å². The highest BCUT2D eigenvalue weighted by molar-refractivity contribution is 5.52. The van der Waals surface area contributed by atoms with Crippen LogP contribution in [0, 0.1) is 12.8 Å². The Hall–Kier alpha value is -1.36. The van der Waals surface area contributed by atoms with Crippen LogP contribution in [0.3, 0.4) is 0 Å². The quantitative estimate of drug-likeness (QED) is 0.868. The monoisotopic (exact) mass is 285 g/mol. The predicted molar refractivity (Wildman–Crippen MR) is 74.7 cm³/mol. The average molecular weight is 285 g/mol. The maximum absolute atomic E-state index is 12.2. The Labute approximate surface area is 118 Å². The molecule has 112 valence electrons. The zero-order valence-corrected chi connectivity index (χ0v) is 11.9. The van der Waals surface area contributed by atoms with E-state index >= 15 is 0 Å². The van der Waals surface area contributed by atoms with Crippen LogP contribution in [0.5, 0.6) is 5.75 Å². The van der Waals surface area contributed by atoms with E-state index in [4.69, 9.17) is 9.47 Å². The molecular weight excluding hydrogens is 264 g/mol. The zero-order valence-electron chi connectivity index (χ0n) is 11.9. The highest BCUT2D eigenvalue weighted by Gasteiger charge is 2.22. The van der Waals surface area contributed by atoms with E-state index in [1.807, 2.05) is 19.1 Å². The molecule has 2 atom stereocenters. The van der Waals surface area contributed by atoms with Gasteiger partial charge in [-0.3, -0.25) is 0 Å². The summed E-state index contributed by atoms with van der Waals surface area (Å²) in [5.74, 6) is 0.993. The second-order valence-electron chi connectivity index (χ2n) is 5.24. The number of hydrogen-bond acceptors (Lipinski definition) is 3. The summed E-state index contributed by atoms with van der Waals surface area (Å²) in [5.41, 5.74) is 1.74. The summed E-state index contributed by atoms with van der Waals surface area (Å²) in [4.78, 5) is 0. The maximum Gasteiger partial charge on any atom is 0.272 e. The number of hydrogen-bond donors (Lipinski definition) is 1. The Morgan fingerprint density at radius 2 is 2.25 bits per heavy atom. The standard InChI is InChI=1S/C15H21F2NO2/c1-10-3-4-13(7-14(10)20-9-15(16)17)18-11(2)12-5-6-19-8-12/h3-4,7,11-12,15,18H,5-6,8-9H2,1-2H3. The van der Waals surface area contributed by atoms with Crippen LogP contribution in [0.1, 0.15) is 18.9 Å². The molecule has 0 aliphatic carbocycles. The molecule has 1 aromatic carbocycles. The first-order valence-electron chi connectivity index (χ1n) is 6.92. The Kier molecular flexibility index (Phi) is 5.17. The van der Waals surface area contributed by atoms with Crippen molar-refractivity contribution in [2.75, 3.05) is 25.1 Å². The van der Waals surface area contributed by atoms with Gasteiger partial charge in [0.05, 0.1) is 6.61 Å². The van der Waals surface area contributed by atoms with Crippen LogP contribution in [0.25, 0.3) is 0 Å². The van der Waals surface area contributed by atoms with Crippen molar-refractivity contribution in [3.63, 3.8) is 0 Å². The number of nitrogens with one attached hydrogen (secondary N) is 1. The van der Waals surface area contributed by atoms with Gasteiger partial charge in [-0.25, -0.2) is 8.78 Å². The molecule has 1 fully saturated rings. The number of ether oxygens (including phenoxy) is 2. The minimum Gasteiger partial charge on any atom is -0.487 e. The first-order chi connectivity index (χ1) is 9.56. The van der Waals surface area contributed by atoms with E-state index in [2.05, 4.69) is 12.2 Å². The van der Waals surface area contributed by atoms with Crippen molar-refractivity contribution in [3.05, 3.63) is 23.8 Å². The van der Waals surface area contributed by atoms with Gasteiger partial charge in [-0.1, -0.05) is 6.07 Å². The molecule has 5 heteroatoms. The van der Waals surface area contributed by atoms with Crippen molar-refractivity contribution in [3.8, 4) is 5.75 Å². The fraction of sp³-hybridized carbons (Fsp3) is 0.600. The van der Waals surface area contributed by atoms with Gasteiger partial charge in [0.2, 0.25) is 0 Å². The molecule has 1 N–H and O–H groups in total. The second-order valence-corrected chi connectivity index (χ2v) is 5.24. The van der Waals surface area contributed by atoms with E-state index in [1.54, 1.807) is 6.07 Å². The first-order valence-corrected chi connectivity index (χ1v) is 6.92. The van der Waals surface area contributed by atoms with Crippen LogP contribution in [0.4, 0.5) is 14.5 Å². The Morgan fingerprint density at radius 3 is 2.90 bits per heavy atom. The third kappa shape index (κ3) is 4.07. The Bertz CT molecular complexity index is 434. The molecule has 1 aromatic rings. The van der Waals surface area contributed by atoms with E-state index in [0.29, 0.717) is 11.7 Å². The Balaban J connectivity index is 1.98. The fourth-order valence-electron chi connectivity index (χ4n) is 2.33. The molecule has 0 amide bonds. The normalized spacial score (nSPS) is 20.1. The molecule has 0 aromatic heterocycles. The summed E-state index contributed by atoms with van der Waals surface area (Å²) in [5, 5.41) is 3.39. The third-order valence-corrected chi connectivity index (χ3v) is 3.62. The average Bonchev–Trinajstić information content (AvgIpc) is 2.93. The van der Waals surface area contributed by atoms with Gasteiger partial charge < -0.3 is 14.8 Å². The topological polar surface area (TPSA) is 30.5 Å². The summed E-state index contributed by atoms with van der Waals surface area (Å²) >= 11 is 0. The maximum atomic E-state index is 12.2. The van der Waals surface area contributed by atoms with Gasteiger partial charge in [0, 0.05) is 30.3 Å². The lowest BCUT2D eigenvalue weighted by Gasteiger charge is -2.21. The minimum absolute atomic E-state index is 0.281. The van der Waals surface area contributed by atoms with Crippen molar-refractivity contribution in [2.24, 2.45) is 5.92 Å². The van der Waals surface area contributed by atoms with Crippen molar-refractivity contribution < 1.29 is 18.3 Å². The van der Waals surface area contributed by atoms with Gasteiger partial charge >= 0.3 is 0 Å². The minimum atomic E-state index is -2.46. The molecule has 3 nitrogen and oxygen atoms in total. The van der Waals surface area contributed by atoms with Crippen LogP contribution in [-0.2, 0) is 4.74 Å². The van der Waals surface area contributed by atoms with Crippen LogP contribution < -0.4 is 10.1 Å². The molecular formula is C15H21F2NO2.